The van der Waals surface area contributed by atoms with Crippen LogP contribution in [-0.4, -0.2) is 39.5 Å². The molecule has 0 atom stereocenters. The Kier molecular flexibility index (Phi) is 7.56. The van der Waals surface area contributed by atoms with Crippen LogP contribution < -0.4 is 17.0 Å². The first kappa shape index (κ1) is 22.6. The molecule has 7 nitrogen and oxygen atoms in total. The van der Waals surface area contributed by atoms with Gasteiger partial charge in [-0.2, -0.15) is 0 Å². The number of Topliss-reactive ketones (excluding diaryl/α,β-unsaturated/α-hetero) is 1. The molecule has 29 heavy (non-hydrogen) atoms. The summed E-state index contributed by atoms with van der Waals surface area (Å²) in [5.41, 5.74) is 5.77. The summed E-state index contributed by atoms with van der Waals surface area (Å²) in [5, 5.41) is 0. The molecule has 0 amide bonds. The molecule has 158 valence electrons. The summed E-state index contributed by atoms with van der Waals surface area (Å²) in [6.45, 7) is 10.1. The largest absolute Gasteiger partial charge is 0.384 e. The Morgan fingerprint density at radius 2 is 1.59 bits per heavy atom. The number of hydrogen-bond donors (Lipinski definition) is 1. The van der Waals surface area contributed by atoms with Gasteiger partial charge in [-0.05, 0) is 17.4 Å². The van der Waals surface area contributed by atoms with Crippen LogP contribution in [0.2, 0.25) is 0 Å². The summed E-state index contributed by atoms with van der Waals surface area (Å²) in [6.07, 6.45) is 0. The van der Waals surface area contributed by atoms with E-state index in [1.165, 1.54) is 11.6 Å². The minimum Gasteiger partial charge on any atom is -0.384 e. The lowest BCUT2D eigenvalue weighted by Gasteiger charge is -2.25. The maximum atomic E-state index is 13.1. The highest BCUT2D eigenvalue weighted by atomic mass is 16.2. The lowest BCUT2D eigenvalue weighted by molar-refractivity contribution is 0.0910. The van der Waals surface area contributed by atoms with Crippen molar-refractivity contribution in [2.75, 3.05) is 25.4 Å². The number of rotatable bonds is 9. The fraction of sp³-hybridized carbons (Fsp3) is 0.500. The number of carbonyl (C=O) groups is 1. The van der Waals surface area contributed by atoms with Crippen molar-refractivity contribution in [1.29, 1.82) is 0 Å². The van der Waals surface area contributed by atoms with Gasteiger partial charge in [0, 0.05) is 20.1 Å². The van der Waals surface area contributed by atoms with Gasteiger partial charge in [0.1, 0.15) is 11.4 Å². The standard InChI is InChI=1S/C22H32N4O3/c1-15(2)11-25(12-16(3)4)14-18(27)19-20(23)26(22(29)24(5)21(19)28)13-17-9-7-6-8-10-17/h6-10,15-16H,11-14,23H2,1-5H3. The van der Waals surface area contributed by atoms with E-state index in [1.807, 2.05) is 35.2 Å². The van der Waals surface area contributed by atoms with Crippen molar-refractivity contribution in [3.63, 3.8) is 0 Å². The van der Waals surface area contributed by atoms with Crippen LogP contribution >= 0.6 is 0 Å². The molecule has 1 aromatic carbocycles. The van der Waals surface area contributed by atoms with Crippen LogP contribution in [0.4, 0.5) is 5.82 Å². The van der Waals surface area contributed by atoms with E-state index in [-0.39, 0.29) is 30.3 Å². The molecule has 0 saturated heterocycles. The monoisotopic (exact) mass is 400 g/mol. The fourth-order valence-electron chi connectivity index (χ4n) is 3.48. The number of hydrogen-bond acceptors (Lipinski definition) is 5. The minimum absolute atomic E-state index is 0.0685. The summed E-state index contributed by atoms with van der Waals surface area (Å²) >= 11 is 0. The maximum Gasteiger partial charge on any atom is 0.332 e. The highest BCUT2D eigenvalue weighted by Crippen LogP contribution is 2.11. The molecule has 2 N–H and O–H groups in total. The van der Waals surface area contributed by atoms with Crippen LogP contribution in [0.25, 0.3) is 0 Å². The average molecular weight is 401 g/mol. The second kappa shape index (κ2) is 9.69. The van der Waals surface area contributed by atoms with Gasteiger partial charge < -0.3 is 5.73 Å². The van der Waals surface area contributed by atoms with Gasteiger partial charge in [-0.1, -0.05) is 58.0 Å². The molecule has 2 aromatic rings. The number of ketones is 1. The van der Waals surface area contributed by atoms with E-state index in [2.05, 4.69) is 27.7 Å². The van der Waals surface area contributed by atoms with Crippen LogP contribution in [-0.2, 0) is 13.6 Å². The first-order chi connectivity index (χ1) is 13.6. The zero-order valence-corrected chi connectivity index (χ0v) is 18.0. The molecule has 2 rings (SSSR count). The number of nitrogens with zero attached hydrogens (tertiary/aromatic N) is 3. The third-order valence-electron chi connectivity index (χ3n) is 4.66. The molecule has 0 bridgehead atoms. The van der Waals surface area contributed by atoms with Crippen molar-refractivity contribution in [2.24, 2.45) is 18.9 Å². The zero-order valence-electron chi connectivity index (χ0n) is 18.0. The Morgan fingerprint density at radius 1 is 1.03 bits per heavy atom. The lowest BCUT2D eigenvalue weighted by atomic mass is 10.1. The smallest absolute Gasteiger partial charge is 0.332 e. The lowest BCUT2D eigenvalue weighted by Crippen LogP contribution is -2.45. The van der Waals surface area contributed by atoms with Gasteiger partial charge in [-0.25, -0.2) is 4.79 Å². The zero-order chi connectivity index (χ0) is 21.7. The third-order valence-corrected chi connectivity index (χ3v) is 4.66. The highest BCUT2D eigenvalue weighted by molar-refractivity contribution is 6.01. The van der Waals surface area contributed by atoms with Crippen LogP contribution in [0.15, 0.2) is 39.9 Å². The summed E-state index contributed by atoms with van der Waals surface area (Å²) in [4.78, 5) is 40.5. The number of aromatic nitrogens is 2. The number of nitrogen functional groups attached to an aromatic ring is 1. The first-order valence-electron chi connectivity index (χ1n) is 10.0. The van der Waals surface area contributed by atoms with E-state index in [0.717, 1.165) is 23.2 Å². The van der Waals surface area contributed by atoms with Crippen LogP contribution in [0.1, 0.15) is 43.6 Å². The highest BCUT2D eigenvalue weighted by Gasteiger charge is 2.24. The van der Waals surface area contributed by atoms with Crippen molar-refractivity contribution in [1.82, 2.24) is 14.0 Å². The average Bonchev–Trinajstić information content (AvgIpc) is 2.63. The van der Waals surface area contributed by atoms with E-state index >= 15 is 0 Å². The summed E-state index contributed by atoms with van der Waals surface area (Å²) < 4.78 is 2.25. The summed E-state index contributed by atoms with van der Waals surface area (Å²) in [6, 6.07) is 9.33. The van der Waals surface area contributed by atoms with Crippen LogP contribution in [0.3, 0.4) is 0 Å². The van der Waals surface area contributed by atoms with Gasteiger partial charge in [0.25, 0.3) is 5.56 Å². The van der Waals surface area contributed by atoms with E-state index < -0.39 is 11.2 Å². The van der Waals surface area contributed by atoms with Crippen molar-refractivity contribution in [3.8, 4) is 0 Å². The van der Waals surface area contributed by atoms with Gasteiger partial charge >= 0.3 is 5.69 Å². The second-order valence-electron chi connectivity index (χ2n) is 8.38. The minimum atomic E-state index is -0.643. The molecule has 0 aliphatic carbocycles. The first-order valence-corrected chi connectivity index (χ1v) is 10.0. The van der Waals surface area contributed by atoms with E-state index in [9.17, 15) is 14.4 Å². The Labute approximate surface area is 171 Å². The van der Waals surface area contributed by atoms with E-state index in [1.54, 1.807) is 0 Å². The number of benzene rings is 1. The van der Waals surface area contributed by atoms with Crippen LogP contribution in [0, 0.1) is 11.8 Å². The van der Waals surface area contributed by atoms with Crippen molar-refractivity contribution >= 4 is 11.6 Å². The molecule has 7 heteroatoms. The predicted octanol–water partition coefficient (Wildman–Crippen LogP) is 1.97. The molecule has 0 radical (unpaired) electrons. The topological polar surface area (TPSA) is 90.3 Å². The van der Waals surface area contributed by atoms with E-state index in [4.69, 9.17) is 5.73 Å². The van der Waals surface area contributed by atoms with Gasteiger partial charge in [-0.15, -0.1) is 0 Å². The number of nitrogens with two attached hydrogens (primary N) is 1. The quantitative estimate of drug-likeness (QED) is 0.650. The normalized spacial score (nSPS) is 11.6. The summed E-state index contributed by atoms with van der Waals surface area (Å²) in [5.74, 6) is 0.342. The Morgan fingerprint density at radius 3 is 2.10 bits per heavy atom. The van der Waals surface area contributed by atoms with Gasteiger partial charge in [-0.3, -0.25) is 23.6 Å². The molecule has 0 fully saturated rings. The maximum absolute atomic E-state index is 13.1. The third kappa shape index (κ3) is 5.67. The molecule has 1 aromatic heterocycles. The molecular formula is C22H32N4O3. The number of anilines is 1. The van der Waals surface area contributed by atoms with Crippen LogP contribution in [0.5, 0.6) is 0 Å². The predicted molar refractivity (Wildman–Crippen MR) is 116 cm³/mol. The molecular weight excluding hydrogens is 368 g/mol. The Bertz CT molecular complexity index is 949. The van der Waals surface area contributed by atoms with Gasteiger partial charge in [0.2, 0.25) is 0 Å². The molecule has 0 saturated carbocycles. The molecule has 1 heterocycles. The van der Waals surface area contributed by atoms with Crippen molar-refractivity contribution in [3.05, 3.63) is 62.3 Å². The van der Waals surface area contributed by atoms with Crippen molar-refractivity contribution in [2.45, 2.75) is 34.2 Å². The SMILES string of the molecule is CC(C)CN(CC(=O)c1c(N)n(Cc2ccccc2)c(=O)n(C)c1=O)CC(C)C. The molecule has 0 spiro atoms. The summed E-state index contributed by atoms with van der Waals surface area (Å²) in [7, 11) is 1.38. The number of carbonyl (C=O) groups excluding carboxylic acids is 1. The van der Waals surface area contributed by atoms with Gasteiger partial charge in [0.15, 0.2) is 5.78 Å². The van der Waals surface area contributed by atoms with Gasteiger partial charge in [0.05, 0.1) is 13.1 Å². The molecule has 0 aliphatic rings. The van der Waals surface area contributed by atoms with E-state index in [0.29, 0.717) is 11.8 Å². The Hall–Kier alpha value is -2.67. The Balaban J connectivity index is 2.44. The van der Waals surface area contributed by atoms with Crippen molar-refractivity contribution < 1.29 is 4.79 Å². The molecule has 0 aliphatic heterocycles. The fourth-order valence-corrected chi connectivity index (χ4v) is 3.48. The second-order valence-corrected chi connectivity index (χ2v) is 8.38. The molecule has 0 unspecified atom stereocenters.